The van der Waals surface area contributed by atoms with Crippen LogP contribution in [0.4, 0.5) is 4.39 Å². The second kappa shape index (κ2) is 8.97. The summed E-state index contributed by atoms with van der Waals surface area (Å²) in [5.74, 6) is -0.286. The lowest BCUT2D eigenvalue weighted by Gasteiger charge is -2.30. The van der Waals surface area contributed by atoms with Crippen LogP contribution in [0.3, 0.4) is 0 Å². The zero-order chi connectivity index (χ0) is 20.3. The lowest BCUT2D eigenvalue weighted by Crippen LogP contribution is -2.49. The highest BCUT2D eigenvalue weighted by atomic mass is 35.5. The number of halogens is 2. The van der Waals surface area contributed by atoms with Gasteiger partial charge in [0.15, 0.2) is 0 Å². The fourth-order valence-corrected chi connectivity index (χ4v) is 4.58. The number of hydrogen-bond acceptors (Lipinski definition) is 3. The van der Waals surface area contributed by atoms with E-state index in [9.17, 15) is 14.0 Å². The van der Waals surface area contributed by atoms with Crippen molar-refractivity contribution >= 4 is 35.2 Å². The molecule has 2 aromatic rings. The molecule has 4 nitrogen and oxygen atoms in total. The van der Waals surface area contributed by atoms with Crippen molar-refractivity contribution in [1.82, 2.24) is 10.2 Å². The molecule has 2 amide bonds. The fraction of sp³-hybridized carbons (Fsp3) is 0.333. The van der Waals surface area contributed by atoms with Gasteiger partial charge in [0.2, 0.25) is 5.91 Å². The lowest BCUT2D eigenvalue weighted by atomic mass is 10.1. The summed E-state index contributed by atoms with van der Waals surface area (Å²) in [4.78, 5) is 27.7. The van der Waals surface area contributed by atoms with Crippen molar-refractivity contribution in [3.05, 3.63) is 70.5 Å². The number of rotatable bonds is 5. The molecular formula is C21H22ClFN2O2S. The van der Waals surface area contributed by atoms with Gasteiger partial charge in [-0.2, -0.15) is 0 Å². The van der Waals surface area contributed by atoms with Crippen LogP contribution in [0.15, 0.2) is 48.5 Å². The summed E-state index contributed by atoms with van der Waals surface area (Å²) in [5, 5.41) is 3.14. The zero-order valence-corrected chi connectivity index (χ0v) is 17.3. The van der Waals surface area contributed by atoms with Crippen LogP contribution in [0, 0.1) is 5.82 Å². The maximum Gasteiger partial charge on any atom is 0.255 e. The maximum atomic E-state index is 13.4. The Morgan fingerprint density at radius 2 is 1.86 bits per heavy atom. The molecule has 1 heterocycles. The number of carbonyl (C=O) groups is 2. The molecule has 0 spiro atoms. The third-order valence-corrected chi connectivity index (χ3v) is 6.36. The quantitative estimate of drug-likeness (QED) is 0.765. The van der Waals surface area contributed by atoms with Gasteiger partial charge in [0.25, 0.3) is 5.91 Å². The highest BCUT2D eigenvalue weighted by Gasteiger charge is 2.42. The van der Waals surface area contributed by atoms with Crippen LogP contribution in [-0.2, 0) is 4.79 Å². The molecule has 3 rings (SSSR count). The number of thioether (sulfide) groups is 1. The van der Waals surface area contributed by atoms with Crippen LogP contribution in [-0.4, -0.2) is 34.6 Å². The van der Waals surface area contributed by atoms with Gasteiger partial charge in [-0.25, -0.2) is 4.39 Å². The van der Waals surface area contributed by atoms with Crippen molar-refractivity contribution < 1.29 is 14.0 Å². The molecule has 28 heavy (non-hydrogen) atoms. The molecule has 0 unspecified atom stereocenters. The predicted octanol–water partition coefficient (Wildman–Crippen LogP) is 4.65. The molecule has 148 valence electrons. The topological polar surface area (TPSA) is 49.4 Å². The highest BCUT2D eigenvalue weighted by Crippen LogP contribution is 2.42. The second-order valence-corrected chi connectivity index (χ2v) is 8.34. The molecule has 1 aliphatic heterocycles. The van der Waals surface area contributed by atoms with Crippen molar-refractivity contribution in [2.75, 3.05) is 5.75 Å². The third-order valence-electron chi connectivity index (χ3n) is 4.78. The standard InChI is InChI=1S/C21H22ClFN2O2S/c1-3-13(2)24-19(26)18-12-28-21(15-6-10-17(23)11-7-15)25(18)20(27)14-4-8-16(22)9-5-14/h4-11,13,18,21H,3,12H2,1-2H3,(H,24,26)/t13-,18-,21-/m1/s1. The molecule has 0 aliphatic carbocycles. The van der Waals surface area contributed by atoms with Gasteiger partial charge < -0.3 is 10.2 Å². The molecular weight excluding hydrogens is 399 g/mol. The molecule has 0 aromatic heterocycles. The van der Waals surface area contributed by atoms with Crippen LogP contribution in [0.5, 0.6) is 0 Å². The first-order chi connectivity index (χ1) is 13.4. The molecule has 0 bridgehead atoms. The van der Waals surface area contributed by atoms with E-state index < -0.39 is 6.04 Å². The smallest absolute Gasteiger partial charge is 0.255 e. The first-order valence-electron chi connectivity index (χ1n) is 9.16. The number of amides is 2. The average Bonchev–Trinajstić information content (AvgIpc) is 3.13. The summed E-state index contributed by atoms with van der Waals surface area (Å²) in [6.45, 7) is 3.93. The van der Waals surface area contributed by atoms with Crippen molar-refractivity contribution in [3.8, 4) is 0 Å². The van der Waals surface area contributed by atoms with E-state index in [4.69, 9.17) is 11.6 Å². The minimum atomic E-state index is -0.600. The molecule has 3 atom stereocenters. The lowest BCUT2D eigenvalue weighted by molar-refractivity contribution is -0.125. The van der Waals surface area contributed by atoms with Crippen LogP contribution < -0.4 is 5.32 Å². The Balaban J connectivity index is 1.93. The number of benzene rings is 2. The summed E-state index contributed by atoms with van der Waals surface area (Å²) in [5.41, 5.74) is 1.24. The number of hydrogen-bond donors (Lipinski definition) is 1. The Morgan fingerprint density at radius 1 is 1.21 bits per heavy atom. The van der Waals surface area contributed by atoms with Gasteiger partial charge in [0.1, 0.15) is 17.2 Å². The van der Waals surface area contributed by atoms with Gasteiger partial charge in [0, 0.05) is 22.4 Å². The van der Waals surface area contributed by atoms with Crippen LogP contribution in [0.1, 0.15) is 41.6 Å². The van der Waals surface area contributed by atoms with E-state index in [0.717, 1.165) is 12.0 Å². The van der Waals surface area contributed by atoms with Crippen molar-refractivity contribution in [1.29, 1.82) is 0 Å². The van der Waals surface area contributed by atoms with Gasteiger partial charge in [0.05, 0.1) is 0 Å². The maximum absolute atomic E-state index is 13.4. The SMILES string of the molecule is CC[C@@H](C)NC(=O)[C@H]1CS[C@H](c2ccc(F)cc2)N1C(=O)c1ccc(Cl)cc1. The molecule has 2 aromatic carbocycles. The first-order valence-corrected chi connectivity index (χ1v) is 10.6. The van der Waals surface area contributed by atoms with E-state index in [1.807, 2.05) is 13.8 Å². The van der Waals surface area contributed by atoms with Gasteiger partial charge in [-0.05, 0) is 55.3 Å². The molecule has 7 heteroatoms. The number of carbonyl (C=O) groups excluding carboxylic acids is 2. The summed E-state index contributed by atoms with van der Waals surface area (Å²) >= 11 is 7.44. The summed E-state index contributed by atoms with van der Waals surface area (Å²) in [6, 6.07) is 12.1. The summed E-state index contributed by atoms with van der Waals surface area (Å²) in [6.07, 6.45) is 0.804. The van der Waals surface area contributed by atoms with E-state index in [1.165, 1.54) is 23.9 Å². The van der Waals surface area contributed by atoms with E-state index >= 15 is 0 Å². The summed E-state index contributed by atoms with van der Waals surface area (Å²) in [7, 11) is 0. The van der Waals surface area contributed by atoms with Gasteiger partial charge in [-0.1, -0.05) is 30.7 Å². The molecule has 1 fully saturated rings. The van der Waals surface area contributed by atoms with Crippen LogP contribution in [0.25, 0.3) is 0 Å². The summed E-state index contributed by atoms with van der Waals surface area (Å²) < 4.78 is 13.4. The molecule has 1 aliphatic rings. The number of nitrogens with zero attached hydrogens (tertiary/aromatic N) is 1. The molecule has 0 saturated carbocycles. The minimum absolute atomic E-state index is 0.0230. The Morgan fingerprint density at radius 3 is 2.46 bits per heavy atom. The van der Waals surface area contributed by atoms with Gasteiger partial charge in [-0.15, -0.1) is 11.8 Å². The van der Waals surface area contributed by atoms with Crippen molar-refractivity contribution in [2.24, 2.45) is 0 Å². The van der Waals surface area contributed by atoms with E-state index in [2.05, 4.69) is 5.32 Å². The van der Waals surface area contributed by atoms with E-state index in [1.54, 1.807) is 41.3 Å². The minimum Gasteiger partial charge on any atom is -0.352 e. The van der Waals surface area contributed by atoms with E-state index in [0.29, 0.717) is 16.3 Å². The van der Waals surface area contributed by atoms with Gasteiger partial charge in [-0.3, -0.25) is 9.59 Å². The van der Waals surface area contributed by atoms with Crippen molar-refractivity contribution in [2.45, 2.75) is 37.7 Å². The Labute approximate surface area is 173 Å². The Hall–Kier alpha value is -2.05. The average molecular weight is 421 g/mol. The van der Waals surface area contributed by atoms with Crippen LogP contribution >= 0.6 is 23.4 Å². The Kier molecular flexibility index (Phi) is 6.62. The second-order valence-electron chi connectivity index (χ2n) is 6.79. The zero-order valence-electron chi connectivity index (χ0n) is 15.7. The predicted molar refractivity (Wildman–Crippen MR) is 111 cm³/mol. The monoisotopic (exact) mass is 420 g/mol. The van der Waals surface area contributed by atoms with Crippen molar-refractivity contribution in [3.63, 3.8) is 0 Å². The molecule has 1 N–H and O–H groups in total. The highest BCUT2D eigenvalue weighted by molar-refractivity contribution is 7.99. The largest absolute Gasteiger partial charge is 0.352 e. The normalized spacial score (nSPS) is 20.1. The Bertz CT molecular complexity index is 844. The first kappa shape index (κ1) is 20.7. The van der Waals surface area contributed by atoms with Crippen LogP contribution in [0.2, 0.25) is 5.02 Å². The van der Waals surface area contributed by atoms with Gasteiger partial charge >= 0.3 is 0 Å². The fourth-order valence-electron chi connectivity index (χ4n) is 3.02. The molecule has 0 radical (unpaired) electrons. The number of nitrogens with one attached hydrogen (secondary N) is 1. The van der Waals surface area contributed by atoms with E-state index in [-0.39, 0.29) is 29.0 Å². The third kappa shape index (κ3) is 4.50. The molecule has 1 saturated heterocycles.